The number of hydrogen-bond donors (Lipinski definition) is 2. The van der Waals surface area contributed by atoms with Crippen LogP contribution in [0.25, 0.3) is 0 Å². The van der Waals surface area contributed by atoms with Gasteiger partial charge in [0.05, 0.1) is 5.88 Å². The van der Waals surface area contributed by atoms with Crippen molar-refractivity contribution in [3.63, 3.8) is 0 Å². The van der Waals surface area contributed by atoms with Gasteiger partial charge in [-0.2, -0.15) is 0 Å². The molecular weight excluding hydrogens is 270 g/mol. The molecule has 7 heteroatoms. The number of aliphatic carboxylic acids is 1. The maximum Gasteiger partial charge on any atom is 0.327 e. The number of carbonyl (C=O) groups excluding carboxylic acids is 1. The van der Waals surface area contributed by atoms with Crippen LogP contribution in [0.4, 0.5) is 0 Å². The van der Waals surface area contributed by atoms with E-state index in [1.807, 2.05) is 0 Å². The summed E-state index contributed by atoms with van der Waals surface area (Å²) in [6.07, 6.45) is 0. The van der Waals surface area contributed by atoms with E-state index in [-0.39, 0.29) is 18.1 Å². The molecule has 0 radical (unpaired) electrons. The largest absolute Gasteiger partial charge is 0.504 e. The maximum absolute atomic E-state index is 11.9. The fourth-order valence-electron chi connectivity index (χ4n) is 1.69. The van der Waals surface area contributed by atoms with Crippen LogP contribution in [0, 0.1) is 0 Å². The van der Waals surface area contributed by atoms with Crippen LogP contribution in [0.5, 0.6) is 11.5 Å². The lowest BCUT2D eigenvalue weighted by Crippen LogP contribution is -2.43. The number of phenolic OH excluding ortho intramolecular Hbond substituents is 1. The molecule has 0 bridgehead atoms. The van der Waals surface area contributed by atoms with Gasteiger partial charge < -0.3 is 19.8 Å². The number of ether oxygens (including phenoxy) is 1. The molecule has 1 heterocycles. The molecule has 0 saturated carbocycles. The number of carboxylic acid groups (broad SMARTS) is 1. The van der Waals surface area contributed by atoms with Crippen molar-refractivity contribution in [2.45, 2.75) is 6.04 Å². The topological polar surface area (TPSA) is 87.1 Å². The summed E-state index contributed by atoms with van der Waals surface area (Å²) in [7, 11) is 0. The molecule has 1 aromatic rings. The molecule has 1 aliphatic rings. The first-order chi connectivity index (χ1) is 9.09. The van der Waals surface area contributed by atoms with E-state index < -0.39 is 17.9 Å². The normalized spacial score (nSPS) is 18.3. The number of phenols is 1. The van der Waals surface area contributed by atoms with Gasteiger partial charge in [0.1, 0.15) is 6.04 Å². The van der Waals surface area contributed by atoms with Crippen LogP contribution in [0.1, 0.15) is 0 Å². The summed E-state index contributed by atoms with van der Waals surface area (Å²) in [5, 5.41) is 18.5. The second kappa shape index (κ2) is 5.83. The van der Waals surface area contributed by atoms with Crippen molar-refractivity contribution in [1.29, 1.82) is 0 Å². The Morgan fingerprint density at radius 2 is 2.16 bits per heavy atom. The number of hydrogen-bond acceptors (Lipinski definition) is 5. The summed E-state index contributed by atoms with van der Waals surface area (Å²) < 4.78 is 5.20. The molecule has 1 saturated heterocycles. The van der Waals surface area contributed by atoms with Gasteiger partial charge in [-0.15, -0.1) is 11.8 Å². The van der Waals surface area contributed by atoms with Crippen molar-refractivity contribution in [2.75, 3.05) is 18.2 Å². The van der Waals surface area contributed by atoms with E-state index in [0.717, 1.165) is 0 Å². The molecule has 0 spiro atoms. The lowest BCUT2D eigenvalue weighted by molar-refractivity contribution is -0.148. The molecule has 1 aliphatic heterocycles. The fourth-order valence-corrected chi connectivity index (χ4v) is 2.87. The summed E-state index contributed by atoms with van der Waals surface area (Å²) in [4.78, 5) is 24.1. The summed E-state index contributed by atoms with van der Waals surface area (Å²) in [5.41, 5.74) is 0. The van der Waals surface area contributed by atoms with Crippen LogP contribution in [-0.4, -0.2) is 51.3 Å². The third-order valence-corrected chi connectivity index (χ3v) is 3.72. The van der Waals surface area contributed by atoms with Crippen LogP contribution < -0.4 is 4.74 Å². The number of rotatable bonds is 4. The van der Waals surface area contributed by atoms with Gasteiger partial charge in [-0.1, -0.05) is 12.1 Å². The minimum absolute atomic E-state index is 0.0547. The zero-order chi connectivity index (χ0) is 13.8. The van der Waals surface area contributed by atoms with E-state index in [1.54, 1.807) is 12.1 Å². The quantitative estimate of drug-likeness (QED) is 0.848. The van der Waals surface area contributed by atoms with Gasteiger partial charge in [-0.05, 0) is 12.1 Å². The summed E-state index contributed by atoms with van der Waals surface area (Å²) in [6, 6.07) is 5.50. The second-order valence-corrected chi connectivity index (χ2v) is 4.97. The molecule has 19 heavy (non-hydrogen) atoms. The van der Waals surface area contributed by atoms with E-state index in [9.17, 15) is 14.7 Å². The van der Waals surface area contributed by atoms with Gasteiger partial charge in [0, 0.05) is 5.75 Å². The predicted molar refractivity (Wildman–Crippen MR) is 69.2 cm³/mol. The van der Waals surface area contributed by atoms with Crippen molar-refractivity contribution in [3.8, 4) is 11.5 Å². The van der Waals surface area contributed by atoms with Crippen molar-refractivity contribution < 1.29 is 24.5 Å². The lowest BCUT2D eigenvalue weighted by atomic mass is 10.3. The average molecular weight is 283 g/mol. The van der Waals surface area contributed by atoms with Crippen LogP contribution >= 0.6 is 11.8 Å². The first-order valence-electron chi connectivity index (χ1n) is 5.60. The van der Waals surface area contributed by atoms with Crippen molar-refractivity contribution in [2.24, 2.45) is 0 Å². The molecule has 0 aromatic heterocycles. The van der Waals surface area contributed by atoms with E-state index in [4.69, 9.17) is 9.84 Å². The second-order valence-electron chi connectivity index (χ2n) is 3.97. The SMILES string of the molecule is O=C(O)[C@@H]1CSCN1C(=O)COc1ccccc1O. The summed E-state index contributed by atoms with van der Waals surface area (Å²) >= 11 is 1.39. The van der Waals surface area contributed by atoms with Gasteiger partial charge in [0.25, 0.3) is 5.91 Å². The van der Waals surface area contributed by atoms with Crippen LogP contribution in [0.15, 0.2) is 24.3 Å². The number of carboxylic acids is 1. The Bertz CT molecular complexity index is 493. The fraction of sp³-hybridized carbons (Fsp3) is 0.333. The highest BCUT2D eigenvalue weighted by atomic mass is 32.2. The third kappa shape index (κ3) is 3.11. The third-order valence-electron chi connectivity index (χ3n) is 2.70. The van der Waals surface area contributed by atoms with Crippen molar-refractivity contribution in [3.05, 3.63) is 24.3 Å². The number of carbonyl (C=O) groups is 2. The Morgan fingerprint density at radius 1 is 1.42 bits per heavy atom. The molecule has 2 N–H and O–H groups in total. The van der Waals surface area contributed by atoms with Crippen LogP contribution in [0.2, 0.25) is 0 Å². The van der Waals surface area contributed by atoms with Gasteiger partial charge in [0.15, 0.2) is 18.1 Å². The highest BCUT2D eigenvalue weighted by Crippen LogP contribution is 2.25. The number of aromatic hydroxyl groups is 1. The molecule has 1 aromatic carbocycles. The van der Waals surface area contributed by atoms with E-state index in [1.165, 1.54) is 28.8 Å². The molecule has 0 aliphatic carbocycles. The monoisotopic (exact) mass is 283 g/mol. The Kier molecular flexibility index (Phi) is 4.16. The number of nitrogens with zero attached hydrogens (tertiary/aromatic N) is 1. The Morgan fingerprint density at radius 3 is 2.84 bits per heavy atom. The highest BCUT2D eigenvalue weighted by molar-refractivity contribution is 7.99. The molecule has 0 unspecified atom stereocenters. The molecule has 1 amide bonds. The van der Waals surface area contributed by atoms with Gasteiger partial charge >= 0.3 is 5.97 Å². The minimum atomic E-state index is -1.01. The Labute approximate surface area is 114 Å². The predicted octanol–water partition coefficient (Wildman–Crippen LogP) is 0.757. The number of para-hydroxylation sites is 2. The number of amides is 1. The minimum Gasteiger partial charge on any atom is -0.504 e. The lowest BCUT2D eigenvalue weighted by Gasteiger charge is -2.20. The van der Waals surface area contributed by atoms with Crippen molar-refractivity contribution in [1.82, 2.24) is 4.90 Å². The van der Waals surface area contributed by atoms with Crippen LogP contribution in [-0.2, 0) is 9.59 Å². The summed E-state index contributed by atoms with van der Waals surface area (Å²) in [5.74, 6) is -0.533. The Hall–Kier alpha value is -1.89. The number of benzene rings is 1. The smallest absolute Gasteiger partial charge is 0.327 e. The summed E-state index contributed by atoms with van der Waals surface area (Å²) in [6.45, 7) is -0.290. The van der Waals surface area contributed by atoms with E-state index in [2.05, 4.69) is 0 Å². The first kappa shape index (κ1) is 13.5. The van der Waals surface area contributed by atoms with Gasteiger partial charge in [-0.3, -0.25) is 4.79 Å². The van der Waals surface area contributed by atoms with E-state index >= 15 is 0 Å². The standard InChI is InChI=1S/C12H13NO5S/c14-9-3-1-2-4-10(9)18-5-11(15)13-7-19-6-8(13)12(16)17/h1-4,8,14H,5-7H2,(H,16,17)/t8-/m0/s1. The average Bonchev–Trinajstić information content (AvgIpc) is 2.87. The maximum atomic E-state index is 11.9. The zero-order valence-corrected chi connectivity index (χ0v) is 10.8. The number of thioether (sulfide) groups is 1. The van der Waals surface area contributed by atoms with E-state index in [0.29, 0.717) is 11.6 Å². The van der Waals surface area contributed by atoms with Gasteiger partial charge in [0.2, 0.25) is 0 Å². The van der Waals surface area contributed by atoms with Crippen LogP contribution in [0.3, 0.4) is 0 Å². The molecule has 1 atom stereocenters. The molecule has 102 valence electrons. The highest BCUT2D eigenvalue weighted by Gasteiger charge is 2.34. The molecule has 6 nitrogen and oxygen atoms in total. The molecule has 2 rings (SSSR count). The van der Waals surface area contributed by atoms with Crippen molar-refractivity contribution >= 4 is 23.6 Å². The first-order valence-corrected chi connectivity index (χ1v) is 6.76. The molecular formula is C12H13NO5S. The molecule has 1 fully saturated rings. The Balaban J connectivity index is 1.95. The zero-order valence-electron chi connectivity index (χ0n) is 9.98. The van der Waals surface area contributed by atoms with Gasteiger partial charge in [-0.25, -0.2) is 4.79 Å².